The zero-order valence-electron chi connectivity index (χ0n) is 22.8. The molecule has 0 spiro atoms. The molecule has 0 bridgehead atoms. The van der Waals surface area contributed by atoms with Gasteiger partial charge in [-0.3, -0.25) is 0 Å². The average Bonchev–Trinajstić information content (AvgIpc) is 3.73. The normalized spacial score (nSPS) is 11.8. The number of nitrogens with zero attached hydrogens (tertiary/aromatic N) is 2. The first-order valence-electron chi connectivity index (χ1n) is 14.1. The highest BCUT2D eigenvalue weighted by molar-refractivity contribution is 7.27. The largest absolute Gasteiger partial charge is 0.456 e. The van der Waals surface area contributed by atoms with Crippen molar-refractivity contribution >= 4 is 81.5 Å². The fourth-order valence-electron chi connectivity index (χ4n) is 6.63. The van der Waals surface area contributed by atoms with Crippen molar-refractivity contribution in [1.82, 2.24) is 4.57 Å². The first-order valence-corrected chi connectivity index (χ1v) is 14.9. The number of nitrogens with one attached hydrogen (secondary N) is 1. The van der Waals surface area contributed by atoms with Crippen molar-refractivity contribution in [3.8, 4) is 22.9 Å². The summed E-state index contributed by atoms with van der Waals surface area (Å²) in [6.07, 6.45) is 1.44. The van der Waals surface area contributed by atoms with Gasteiger partial charge in [-0.1, -0.05) is 72.8 Å². The molecule has 0 saturated carbocycles. The number of aromatic nitrogens is 1. The molecule has 4 nitrogen and oxygen atoms in total. The molecule has 0 saturated heterocycles. The summed E-state index contributed by atoms with van der Waals surface area (Å²) < 4.78 is 10.8. The second-order valence-electron chi connectivity index (χ2n) is 10.8. The molecule has 6 aromatic carbocycles. The van der Waals surface area contributed by atoms with Gasteiger partial charge >= 0.3 is 0 Å². The van der Waals surface area contributed by atoms with Crippen LogP contribution in [0, 0.1) is 16.7 Å². The summed E-state index contributed by atoms with van der Waals surface area (Å²) in [7, 11) is 0. The molecule has 1 N–H and O–H groups in total. The molecule has 0 aliphatic carbocycles. The lowest BCUT2D eigenvalue weighted by Gasteiger charge is -2.15. The van der Waals surface area contributed by atoms with Gasteiger partial charge in [-0.05, 0) is 48.0 Å². The van der Waals surface area contributed by atoms with Gasteiger partial charge in [-0.15, -0.1) is 11.3 Å². The van der Waals surface area contributed by atoms with Crippen LogP contribution in [0.15, 0.2) is 120 Å². The van der Waals surface area contributed by atoms with Gasteiger partial charge in [0, 0.05) is 59.1 Å². The van der Waals surface area contributed by atoms with E-state index in [-0.39, 0.29) is 0 Å². The Morgan fingerprint density at radius 2 is 1.47 bits per heavy atom. The Balaban J connectivity index is 1.39. The second kappa shape index (κ2) is 8.90. The van der Waals surface area contributed by atoms with Crippen LogP contribution in [0.2, 0.25) is 0 Å². The molecular weight excluding hydrogens is 547 g/mol. The molecule has 3 aromatic heterocycles. The maximum Gasteiger partial charge on any atom is 0.135 e. The van der Waals surface area contributed by atoms with Crippen LogP contribution in [0.4, 0.5) is 0 Å². The topological polar surface area (TPSA) is 65.7 Å². The molecule has 0 unspecified atom stereocenters. The van der Waals surface area contributed by atoms with E-state index in [4.69, 9.17) is 9.83 Å². The van der Waals surface area contributed by atoms with Crippen molar-refractivity contribution in [2.24, 2.45) is 0 Å². The van der Waals surface area contributed by atoms with Crippen molar-refractivity contribution in [1.29, 1.82) is 10.7 Å². The number of furan rings is 1. The number of hydrogen-bond donors (Lipinski definition) is 1. The molecule has 200 valence electrons. The maximum atomic E-state index is 9.96. The van der Waals surface area contributed by atoms with Gasteiger partial charge in [-0.2, -0.15) is 5.26 Å². The third kappa shape index (κ3) is 3.33. The van der Waals surface area contributed by atoms with E-state index in [9.17, 15) is 5.26 Å². The summed E-state index contributed by atoms with van der Waals surface area (Å²) in [5.74, 6) is 0. The summed E-state index contributed by atoms with van der Waals surface area (Å²) in [5.41, 5.74) is 8.49. The minimum absolute atomic E-state index is 0.609. The number of fused-ring (bicyclic) bond motifs is 10. The minimum atomic E-state index is 0.609. The van der Waals surface area contributed by atoms with E-state index < -0.39 is 0 Å². The molecule has 0 aliphatic heterocycles. The fourth-order valence-corrected chi connectivity index (χ4v) is 7.97. The van der Waals surface area contributed by atoms with Crippen LogP contribution in [0.25, 0.3) is 80.7 Å². The van der Waals surface area contributed by atoms with E-state index in [2.05, 4.69) is 77.4 Å². The molecular formula is C38H21N3OS. The Morgan fingerprint density at radius 3 is 2.35 bits per heavy atom. The number of benzene rings is 6. The third-order valence-electron chi connectivity index (χ3n) is 8.54. The SMILES string of the molecule is N#Cc1ccc(-c2ccc3oc4ccccc4c3c2)c(-n2c3ccccc3c3c4sc5c(C=N)cccc5c4ccc32)c1. The fraction of sp³-hybridized carbons (Fsp3) is 0. The second-order valence-corrected chi connectivity index (χ2v) is 11.8. The first kappa shape index (κ1) is 24.0. The van der Waals surface area contributed by atoms with E-state index in [1.165, 1.54) is 27.1 Å². The van der Waals surface area contributed by atoms with E-state index in [0.717, 1.165) is 65.4 Å². The van der Waals surface area contributed by atoms with Crippen LogP contribution in [-0.4, -0.2) is 10.8 Å². The third-order valence-corrected chi connectivity index (χ3v) is 9.83. The molecule has 0 amide bonds. The van der Waals surface area contributed by atoms with Crippen molar-refractivity contribution in [2.75, 3.05) is 0 Å². The molecule has 5 heteroatoms. The van der Waals surface area contributed by atoms with Crippen molar-refractivity contribution in [2.45, 2.75) is 0 Å². The van der Waals surface area contributed by atoms with Gasteiger partial charge in [0.2, 0.25) is 0 Å². The smallest absolute Gasteiger partial charge is 0.135 e. The van der Waals surface area contributed by atoms with Gasteiger partial charge in [-0.25, -0.2) is 0 Å². The first-order chi connectivity index (χ1) is 21.2. The Morgan fingerprint density at radius 1 is 0.674 bits per heavy atom. The summed E-state index contributed by atoms with van der Waals surface area (Å²) in [5, 5.41) is 24.8. The van der Waals surface area contributed by atoms with Crippen LogP contribution in [0.1, 0.15) is 11.1 Å². The zero-order valence-corrected chi connectivity index (χ0v) is 23.6. The van der Waals surface area contributed by atoms with Crippen LogP contribution in [0.5, 0.6) is 0 Å². The van der Waals surface area contributed by atoms with Crippen LogP contribution < -0.4 is 0 Å². The highest BCUT2D eigenvalue weighted by Crippen LogP contribution is 2.45. The van der Waals surface area contributed by atoms with E-state index in [1.54, 1.807) is 11.3 Å². The van der Waals surface area contributed by atoms with Crippen molar-refractivity contribution in [3.63, 3.8) is 0 Å². The highest BCUT2D eigenvalue weighted by atomic mass is 32.1. The van der Waals surface area contributed by atoms with Gasteiger partial charge in [0.05, 0.1) is 28.4 Å². The standard InChI is InChI=1S/C38H21N3OS/c39-20-22-12-14-25(23-13-17-35-30(19-23)26-7-2-4-11-34(26)42-35)33(18-22)41-31-10-3-1-8-29(31)36-32(41)16-15-28-27-9-5-6-24(21-40)37(27)43-38(28)36/h1-19,21,40H. The van der Waals surface area contributed by atoms with E-state index in [0.29, 0.717) is 5.56 Å². The lowest BCUT2D eigenvalue weighted by Crippen LogP contribution is -1.98. The molecule has 0 fully saturated rings. The van der Waals surface area contributed by atoms with Crippen molar-refractivity contribution in [3.05, 3.63) is 126 Å². The Hall–Kier alpha value is -5.70. The quantitative estimate of drug-likeness (QED) is 0.216. The Kier molecular flexibility index (Phi) is 4.96. The number of thiophene rings is 1. The summed E-state index contributed by atoms with van der Waals surface area (Å²) in [6.45, 7) is 0. The number of nitriles is 1. The molecule has 9 rings (SSSR count). The van der Waals surface area contributed by atoms with Gasteiger partial charge < -0.3 is 14.4 Å². The highest BCUT2D eigenvalue weighted by Gasteiger charge is 2.20. The number of rotatable bonds is 3. The lowest BCUT2D eigenvalue weighted by atomic mass is 9.99. The molecule has 43 heavy (non-hydrogen) atoms. The van der Waals surface area contributed by atoms with Crippen LogP contribution in [-0.2, 0) is 0 Å². The maximum absolute atomic E-state index is 9.96. The summed E-state index contributed by atoms with van der Waals surface area (Å²) >= 11 is 1.75. The predicted octanol–water partition coefficient (Wildman–Crippen LogP) is 10.6. The molecule has 3 heterocycles. The average molecular weight is 568 g/mol. The van der Waals surface area contributed by atoms with Crippen molar-refractivity contribution < 1.29 is 4.42 Å². The minimum Gasteiger partial charge on any atom is -0.456 e. The number of para-hydroxylation sites is 2. The Bertz CT molecular complexity index is 2660. The van der Waals surface area contributed by atoms with Gasteiger partial charge in [0.15, 0.2) is 0 Å². The summed E-state index contributed by atoms with van der Waals surface area (Å²) in [6, 6.07) is 41.9. The Labute approximate surface area is 249 Å². The number of hydrogen-bond acceptors (Lipinski definition) is 4. The van der Waals surface area contributed by atoms with E-state index >= 15 is 0 Å². The molecule has 9 aromatic rings. The molecule has 0 radical (unpaired) electrons. The van der Waals surface area contributed by atoms with Crippen LogP contribution >= 0.6 is 11.3 Å². The van der Waals surface area contributed by atoms with Crippen LogP contribution in [0.3, 0.4) is 0 Å². The predicted molar refractivity (Wildman–Crippen MR) is 179 cm³/mol. The summed E-state index contributed by atoms with van der Waals surface area (Å²) in [4.78, 5) is 0. The van der Waals surface area contributed by atoms with E-state index in [1.807, 2.05) is 48.5 Å². The zero-order chi connectivity index (χ0) is 28.7. The van der Waals surface area contributed by atoms with Gasteiger partial charge in [0.25, 0.3) is 0 Å². The lowest BCUT2D eigenvalue weighted by molar-refractivity contribution is 0.669. The molecule has 0 atom stereocenters. The molecule has 0 aliphatic rings. The monoisotopic (exact) mass is 567 g/mol. The van der Waals surface area contributed by atoms with Gasteiger partial charge in [0.1, 0.15) is 11.2 Å².